The van der Waals surface area contributed by atoms with Crippen molar-refractivity contribution in [2.45, 2.75) is 31.0 Å². The standard InChI is InChI=1S/C13H17NO3S2/c14-10-2-5-19-11(10)12(15)17-9-1-4-16-13(7-9)3-6-18-8-13/h2,5,9H,1,3-4,6-8,14H2. The molecular formula is C13H17NO3S2. The van der Waals surface area contributed by atoms with Crippen molar-refractivity contribution < 1.29 is 14.3 Å². The fourth-order valence-corrected chi connectivity index (χ4v) is 4.71. The summed E-state index contributed by atoms with van der Waals surface area (Å²) in [5.41, 5.74) is 6.19. The van der Waals surface area contributed by atoms with Gasteiger partial charge in [0.25, 0.3) is 0 Å². The smallest absolute Gasteiger partial charge is 0.350 e. The topological polar surface area (TPSA) is 61.6 Å². The summed E-state index contributed by atoms with van der Waals surface area (Å²) in [5, 5.41) is 1.81. The maximum Gasteiger partial charge on any atom is 0.350 e. The zero-order valence-corrected chi connectivity index (χ0v) is 12.2. The van der Waals surface area contributed by atoms with E-state index in [0.717, 1.165) is 30.8 Å². The van der Waals surface area contributed by atoms with Gasteiger partial charge in [-0.2, -0.15) is 11.8 Å². The van der Waals surface area contributed by atoms with Crippen molar-refractivity contribution in [1.29, 1.82) is 0 Å². The molecule has 6 heteroatoms. The van der Waals surface area contributed by atoms with Gasteiger partial charge in [0.05, 0.1) is 17.9 Å². The lowest BCUT2D eigenvalue weighted by molar-refractivity contribution is -0.106. The van der Waals surface area contributed by atoms with E-state index in [-0.39, 0.29) is 17.7 Å². The van der Waals surface area contributed by atoms with Gasteiger partial charge >= 0.3 is 5.97 Å². The molecule has 2 N–H and O–H groups in total. The molecule has 2 aliphatic rings. The minimum absolute atomic E-state index is 0.0403. The van der Waals surface area contributed by atoms with Crippen LogP contribution in [-0.2, 0) is 9.47 Å². The lowest BCUT2D eigenvalue weighted by Crippen LogP contribution is -2.43. The molecule has 1 aromatic heterocycles. The number of esters is 1. The number of thiophene rings is 1. The second-order valence-corrected chi connectivity index (χ2v) is 7.08. The van der Waals surface area contributed by atoms with Crippen molar-refractivity contribution in [3.05, 3.63) is 16.3 Å². The van der Waals surface area contributed by atoms with Crippen molar-refractivity contribution in [3.63, 3.8) is 0 Å². The van der Waals surface area contributed by atoms with Gasteiger partial charge in [0.2, 0.25) is 0 Å². The van der Waals surface area contributed by atoms with Crippen LogP contribution in [0.5, 0.6) is 0 Å². The van der Waals surface area contributed by atoms with Crippen LogP contribution >= 0.6 is 23.1 Å². The first-order valence-electron chi connectivity index (χ1n) is 6.44. The lowest BCUT2D eigenvalue weighted by atomic mass is 9.91. The summed E-state index contributed by atoms with van der Waals surface area (Å²) in [6, 6.07) is 1.74. The molecule has 4 nitrogen and oxygen atoms in total. The van der Waals surface area contributed by atoms with Crippen LogP contribution in [0.1, 0.15) is 28.9 Å². The van der Waals surface area contributed by atoms with Crippen LogP contribution in [0.3, 0.4) is 0 Å². The van der Waals surface area contributed by atoms with Crippen LogP contribution < -0.4 is 5.73 Å². The summed E-state index contributed by atoms with van der Waals surface area (Å²) in [6.07, 6.45) is 2.62. The van der Waals surface area contributed by atoms with E-state index < -0.39 is 0 Å². The van der Waals surface area contributed by atoms with E-state index in [1.54, 1.807) is 6.07 Å². The number of anilines is 1. The van der Waals surface area contributed by atoms with Crippen molar-refractivity contribution in [2.24, 2.45) is 0 Å². The second-order valence-electron chi connectivity index (χ2n) is 5.06. The molecule has 104 valence electrons. The third kappa shape index (κ3) is 2.75. The quantitative estimate of drug-likeness (QED) is 0.850. The number of nitrogens with two attached hydrogens (primary N) is 1. The third-order valence-corrected chi connectivity index (χ3v) is 5.80. The molecule has 2 atom stereocenters. The molecule has 2 unspecified atom stereocenters. The maximum atomic E-state index is 12.1. The monoisotopic (exact) mass is 299 g/mol. The number of thioether (sulfide) groups is 1. The molecule has 19 heavy (non-hydrogen) atoms. The van der Waals surface area contributed by atoms with Crippen LogP contribution in [0.15, 0.2) is 11.4 Å². The Bertz CT molecular complexity index is 468. The van der Waals surface area contributed by atoms with Crippen molar-refractivity contribution >= 4 is 34.8 Å². The average molecular weight is 299 g/mol. The van der Waals surface area contributed by atoms with Gasteiger partial charge in [-0.3, -0.25) is 0 Å². The highest BCUT2D eigenvalue weighted by Crippen LogP contribution is 2.39. The molecule has 0 aromatic carbocycles. The van der Waals surface area contributed by atoms with Crippen molar-refractivity contribution in [2.75, 3.05) is 23.8 Å². The molecular weight excluding hydrogens is 282 g/mol. The van der Waals surface area contributed by atoms with E-state index in [2.05, 4.69) is 0 Å². The van der Waals surface area contributed by atoms with Gasteiger partial charge in [-0.15, -0.1) is 11.3 Å². The Morgan fingerprint density at radius 3 is 3.16 bits per heavy atom. The van der Waals surface area contributed by atoms with Crippen LogP contribution in [0, 0.1) is 0 Å². The highest BCUT2D eigenvalue weighted by Gasteiger charge is 2.41. The zero-order chi connectivity index (χ0) is 13.3. The van der Waals surface area contributed by atoms with Crippen molar-refractivity contribution in [3.8, 4) is 0 Å². The Hall–Kier alpha value is -0.720. The number of carbonyl (C=O) groups excluding carboxylic acids is 1. The number of hydrogen-bond acceptors (Lipinski definition) is 6. The van der Waals surface area contributed by atoms with Gasteiger partial charge in [-0.25, -0.2) is 4.79 Å². The zero-order valence-electron chi connectivity index (χ0n) is 10.6. The molecule has 1 aromatic rings. The van der Waals surface area contributed by atoms with Gasteiger partial charge in [0.15, 0.2) is 0 Å². The summed E-state index contributed by atoms with van der Waals surface area (Å²) in [6.45, 7) is 0.679. The minimum Gasteiger partial charge on any atom is -0.458 e. The fourth-order valence-electron chi connectivity index (χ4n) is 2.64. The summed E-state index contributed by atoms with van der Waals surface area (Å²) in [7, 11) is 0. The Kier molecular flexibility index (Phi) is 3.73. The summed E-state index contributed by atoms with van der Waals surface area (Å²) in [5.74, 6) is 1.86. The van der Waals surface area contributed by atoms with E-state index in [9.17, 15) is 4.79 Å². The first kappa shape index (κ1) is 13.3. The number of ether oxygens (including phenoxy) is 2. The van der Waals surface area contributed by atoms with Gasteiger partial charge in [-0.05, 0) is 23.6 Å². The molecule has 0 aliphatic carbocycles. The highest BCUT2D eigenvalue weighted by atomic mass is 32.2. The molecule has 0 radical (unpaired) electrons. The SMILES string of the molecule is Nc1ccsc1C(=O)OC1CCOC2(CCSC2)C1. The molecule has 1 spiro atoms. The Balaban J connectivity index is 1.63. The molecule has 0 bridgehead atoms. The van der Waals surface area contributed by atoms with E-state index in [4.69, 9.17) is 15.2 Å². The van der Waals surface area contributed by atoms with Crippen molar-refractivity contribution in [1.82, 2.24) is 0 Å². The van der Waals surface area contributed by atoms with Crippen LogP contribution in [0.2, 0.25) is 0 Å². The molecule has 3 rings (SSSR count). The first-order valence-corrected chi connectivity index (χ1v) is 8.48. The Labute approximate surface area is 120 Å². The summed E-state index contributed by atoms with van der Waals surface area (Å²) in [4.78, 5) is 12.6. The number of hydrogen-bond donors (Lipinski definition) is 1. The van der Waals surface area contributed by atoms with Crippen LogP contribution in [0.4, 0.5) is 5.69 Å². The largest absolute Gasteiger partial charge is 0.458 e. The van der Waals surface area contributed by atoms with E-state index >= 15 is 0 Å². The predicted molar refractivity (Wildman–Crippen MR) is 77.8 cm³/mol. The maximum absolute atomic E-state index is 12.1. The lowest BCUT2D eigenvalue weighted by Gasteiger charge is -2.37. The van der Waals surface area contributed by atoms with Gasteiger partial charge in [0.1, 0.15) is 11.0 Å². The molecule has 2 saturated heterocycles. The molecule has 3 heterocycles. The number of nitrogen functional groups attached to an aromatic ring is 1. The summed E-state index contributed by atoms with van der Waals surface area (Å²) < 4.78 is 11.5. The Morgan fingerprint density at radius 1 is 1.58 bits per heavy atom. The fraction of sp³-hybridized carbons (Fsp3) is 0.615. The minimum atomic E-state index is -0.291. The summed E-state index contributed by atoms with van der Waals surface area (Å²) >= 11 is 3.25. The van der Waals surface area contributed by atoms with E-state index in [1.165, 1.54) is 11.3 Å². The van der Waals surface area contributed by atoms with Gasteiger partial charge < -0.3 is 15.2 Å². The van der Waals surface area contributed by atoms with Crippen LogP contribution in [-0.4, -0.2) is 35.8 Å². The first-order chi connectivity index (χ1) is 9.19. The van der Waals surface area contributed by atoms with Gasteiger partial charge in [0, 0.05) is 18.6 Å². The molecule has 2 aliphatic heterocycles. The van der Waals surface area contributed by atoms with Crippen LogP contribution in [0.25, 0.3) is 0 Å². The number of rotatable bonds is 2. The predicted octanol–water partition coefficient (Wildman–Crippen LogP) is 2.54. The third-order valence-electron chi connectivity index (χ3n) is 3.67. The Morgan fingerprint density at radius 2 is 2.47 bits per heavy atom. The van der Waals surface area contributed by atoms with Gasteiger partial charge in [-0.1, -0.05) is 0 Å². The normalized spacial score (nSPS) is 30.6. The van der Waals surface area contributed by atoms with E-state index in [1.807, 2.05) is 17.1 Å². The molecule has 0 amide bonds. The average Bonchev–Trinajstić information content (AvgIpc) is 2.99. The highest BCUT2D eigenvalue weighted by molar-refractivity contribution is 7.99. The second kappa shape index (κ2) is 5.34. The molecule has 0 saturated carbocycles. The molecule has 2 fully saturated rings. The number of carbonyl (C=O) groups is 1. The van der Waals surface area contributed by atoms with E-state index in [0.29, 0.717) is 17.2 Å².